The Morgan fingerprint density at radius 2 is 1.75 bits per heavy atom. The van der Waals surface area contributed by atoms with Crippen LogP contribution >= 0.6 is 11.8 Å². The van der Waals surface area contributed by atoms with Crippen LogP contribution < -0.4 is 0 Å². The van der Waals surface area contributed by atoms with Crippen LogP contribution in [-0.2, 0) is 21.3 Å². The van der Waals surface area contributed by atoms with Crippen LogP contribution in [0.25, 0.3) is 0 Å². The van der Waals surface area contributed by atoms with Crippen LogP contribution in [0.3, 0.4) is 0 Å². The molecule has 0 aromatic heterocycles. The fraction of sp³-hybridized carbons (Fsp3) is 0.519. The number of halogens is 2. The van der Waals surface area contributed by atoms with Crippen molar-refractivity contribution in [3.8, 4) is 0 Å². The number of carbonyl (C=O) groups excluding carboxylic acids is 1. The largest absolute Gasteiger partial charge is 0.334 e. The zero-order chi connectivity index (χ0) is 25.9. The minimum atomic E-state index is -2.97. The van der Waals surface area contributed by atoms with Crippen molar-refractivity contribution in [1.29, 1.82) is 0 Å². The first-order valence-electron chi connectivity index (χ1n) is 12.5. The van der Waals surface area contributed by atoms with Crippen molar-refractivity contribution in [3.63, 3.8) is 0 Å². The van der Waals surface area contributed by atoms with Crippen LogP contribution in [0.4, 0.5) is 8.78 Å². The molecule has 9 heteroatoms. The Balaban J connectivity index is 1.64. The Labute approximate surface area is 218 Å². The average Bonchev–Trinajstić information content (AvgIpc) is 3.38. The lowest BCUT2D eigenvalue weighted by Gasteiger charge is -2.39. The first kappa shape index (κ1) is 27.1. The van der Waals surface area contributed by atoms with Crippen molar-refractivity contribution < 1.29 is 17.8 Å². The van der Waals surface area contributed by atoms with E-state index in [0.29, 0.717) is 24.4 Å². The first-order chi connectivity index (χ1) is 17.2. The first-order valence-corrected chi connectivity index (χ1v) is 15.2. The van der Waals surface area contributed by atoms with Gasteiger partial charge < -0.3 is 4.90 Å². The Hall–Kier alpha value is -1.97. The monoisotopic (exact) mass is 535 g/mol. The maximum Gasteiger partial charge on any atom is 0.248 e. The van der Waals surface area contributed by atoms with Crippen LogP contribution in [0.2, 0.25) is 0 Å². The summed E-state index contributed by atoms with van der Waals surface area (Å²) in [5, 5.41) is 0. The minimum absolute atomic E-state index is 0.139. The molecule has 2 aromatic carbocycles. The molecule has 0 spiro atoms. The Morgan fingerprint density at radius 3 is 2.33 bits per heavy atom. The van der Waals surface area contributed by atoms with Gasteiger partial charge >= 0.3 is 0 Å². The highest BCUT2D eigenvalue weighted by Gasteiger charge is 2.43. The molecule has 2 aromatic rings. The summed E-state index contributed by atoms with van der Waals surface area (Å²) in [6, 6.07) is 14.6. The molecule has 2 fully saturated rings. The van der Waals surface area contributed by atoms with Crippen LogP contribution in [-0.4, -0.2) is 57.2 Å². The summed E-state index contributed by atoms with van der Waals surface area (Å²) >= 11 is 1.64. The van der Waals surface area contributed by atoms with Crippen molar-refractivity contribution in [2.75, 3.05) is 19.8 Å². The molecule has 2 atom stereocenters. The van der Waals surface area contributed by atoms with E-state index in [4.69, 9.17) is 0 Å². The summed E-state index contributed by atoms with van der Waals surface area (Å²) in [6.07, 6.45) is 3.40. The molecule has 1 saturated carbocycles. The minimum Gasteiger partial charge on any atom is -0.334 e. The number of nitrogens with zero attached hydrogens (tertiary/aromatic N) is 3. The molecule has 1 aliphatic heterocycles. The quantitative estimate of drug-likeness (QED) is 0.399. The number of aryl methyl sites for hydroxylation is 1. The van der Waals surface area contributed by atoms with E-state index in [9.17, 15) is 17.8 Å². The van der Waals surface area contributed by atoms with Gasteiger partial charge in [-0.25, -0.2) is 21.7 Å². The summed E-state index contributed by atoms with van der Waals surface area (Å²) in [7, 11) is -1.43. The van der Waals surface area contributed by atoms with E-state index >= 15 is 0 Å². The van der Waals surface area contributed by atoms with Gasteiger partial charge in [0.2, 0.25) is 11.8 Å². The lowest BCUT2D eigenvalue weighted by Crippen LogP contribution is -2.52. The molecule has 0 radical (unpaired) electrons. The molecule has 1 heterocycles. The fourth-order valence-corrected chi connectivity index (χ4v) is 7.69. The number of amides is 1. The van der Waals surface area contributed by atoms with Gasteiger partial charge in [-0.05, 0) is 68.7 Å². The molecule has 5 nitrogen and oxygen atoms in total. The summed E-state index contributed by atoms with van der Waals surface area (Å²) in [6.45, 7) is 2.82. The van der Waals surface area contributed by atoms with E-state index in [1.807, 2.05) is 61.7 Å². The van der Waals surface area contributed by atoms with Gasteiger partial charge in [0.1, 0.15) is 16.0 Å². The third kappa shape index (κ3) is 5.78. The second-order valence-electron chi connectivity index (χ2n) is 9.69. The van der Waals surface area contributed by atoms with Gasteiger partial charge in [0.05, 0.1) is 4.90 Å². The number of alkyl halides is 2. The molecule has 1 aliphatic carbocycles. The zero-order valence-electron chi connectivity index (χ0n) is 21.2. The van der Waals surface area contributed by atoms with Gasteiger partial charge in [-0.1, -0.05) is 29.8 Å². The molecular weight excluding hydrogens is 500 g/mol. The van der Waals surface area contributed by atoms with E-state index in [-0.39, 0.29) is 37.6 Å². The topological polar surface area (TPSA) is 53.0 Å². The highest BCUT2D eigenvalue weighted by atomic mass is 32.2. The van der Waals surface area contributed by atoms with Crippen LogP contribution in [0.15, 0.2) is 62.7 Å². The Bertz CT molecular complexity index is 1170. The number of hydrogen-bond acceptors (Lipinski definition) is 4. The van der Waals surface area contributed by atoms with Gasteiger partial charge in [0.15, 0.2) is 0 Å². The van der Waals surface area contributed by atoms with Gasteiger partial charge in [-0.15, -0.1) is 11.8 Å². The average molecular weight is 536 g/mol. The van der Waals surface area contributed by atoms with Crippen LogP contribution in [0.1, 0.15) is 49.7 Å². The van der Waals surface area contributed by atoms with E-state index in [0.717, 1.165) is 22.4 Å². The molecule has 2 aliphatic rings. The zero-order valence-corrected chi connectivity index (χ0v) is 22.8. The van der Waals surface area contributed by atoms with Gasteiger partial charge in [0, 0.05) is 43.9 Å². The summed E-state index contributed by atoms with van der Waals surface area (Å²) < 4.78 is 48.2. The van der Waals surface area contributed by atoms with Crippen LogP contribution in [0.5, 0.6) is 0 Å². The summed E-state index contributed by atoms with van der Waals surface area (Å²) in [5.41, 5.74) is 2.01. The number of thioether (sulfide) groups is 1. The van der Waals surface area contributed by atoms with Gasteiger partial charge in [-0.2, -0.15) is 0 Å². The highest BCUT2D eigenvalue weighted by Crippen LogP contribution is 2.37. The van der Waals surface area contributed by atoms with Crippen molar-refractivity contribution in [3.05, 3.63) is 59.7 Å². The molecule has 36 heavy (non-hydrogen) atoms. The second-order valence-corrected chi connectivity index (χ2v) is 12.9. The third-order valence-electron chi connectivity index (χ3n) is 7.30. The van der Waals surface area contributed by atoms with Crippen molar-refractivity contribution in [2.24, 2.45) is 4.36 Å². The lowest BCUT2D eigenvalue weighted by atomic mass is 9.90. The number of benzene rings is 2. The molecular formula is C27H35F2N3O2S2. The van der Waals surface area contributed by atoms with Crippen molar-refractivity contribution in [2.45, 2.75) is 79.8 Å². The van der Waals surface area contributed by atoms with E-state index in [1.54, 1.807) is 21.0 Å². The Morgan fingerprint density at radius 1 is 1.11 bits per heavy atom. The predicted octanol–water partition coefficient (Wildman–Crippen LogP) is 6.16. The number of hydrogen-bond donors (Lipinski definition) is 0. The van der Waals surface area contributed by atoms with Crippen LogP contribution in [0, 0.1) is 6.92 Å². The lowest BCUT2D eigenvalue weighted by molar-refractivity contribution is -0.141. The number of rotatable bonds is 7. The maximum absolute atomic E-state index is 14.2. The van der Waals surface area contributed by atoms with E-state index in [2.05, 4.69) is 4.36 Å². The second kappa shape index (κ2) is 11.2. The molecule has 0 bridgehead atoms. The SMILES string of the molecule is CN=[S@](=O)(c1ccc(C)cc1)N1CCC[C@H]1C(=O)N(Cc1ccc(SC)cc1)C1CCC(F)(F)CC1. The molecule has 0 unspecified atom stereocenters. The van der Waals surface area contributed by atoms with Gasteiger partial charge in [-0.3, -0.25) is 4.79 Å². The molecule has 1 amide bonds. The molecule has 1 saturated heterocycles. The van der Waals surface area contributed by atoms with Crippen molar-refractivity contribution in [1.82, 2.24) is 9.21 Å². The molecule has 4 rings (SSSR count). The van der Waals surface area contributed by atoms with E-state index < -0.39 is 21.9 Å². The fourth-order valence-electron chi connectivity index (χ4n) is 5.19. The molecule has 0 N–H and O–H groups in total. The third-order valence-corrected chi connectivity index (χ3v) is 10.5. The highest BCUT2D eigenvalue weighted by molar-refractivity contribution is 7.98. The predicted molar refractivity (Wildman–Crippen MR) is 142 cm³/mol. The van der Waals surface area contributed by atoms with Gasteiger partial charge in [0.25, 0.3) is 0 Å². The normalized spacial score (nSPS) is 22.2. The van der Waals surface area contributed by atoms with E-state index in [1.165, 1.54) is 7.05 Å². The summed E-state index contributed by atoms with van der Waals surface area (Å²) in [4.78, 5) is 17.6. The number of carbonyl (C=O) groups is 1. The standard InChI is InChI=1S/C27H35F2N3O2S2/c1-20-6-12-24(13-7-20)36(34,30-2)32-18-4-5-25(32)26(33)31(22-14-16-27(28,29)17-15-22)19-21-8-10-23(35-3)11-9-21/h6-13,22,25H,4-5,14-19H2,1-3H3/t25-,36+/m0/s1. The maximum atomic E-state index is 14.2. The Kier molecular flexibility index (Phi) is 8.42. The van der Waals surface area contributed by atoms with Crippen molar-refractivity contribution >= 4 is 27.6 Å². The molecule has 196 valence electrons. The smallest absolute Gasteiger partial charge is 0.248 e. The summed E-state index contributed by atoms with van der Waals surface area (Å²) in [5.74, 6) is -2.81.